The van der Waals surface area contributed by atoms with E-state index in [1.807, 2.05) is 38.3 Å². The summed E-state index contributed by atoms with van der Waals surface area (Å²) < 4.78 is 11.9. The maximum absolute atomic E-state index is 6.20. The number of aromatic nitrogens is 3. The van der Waals surface area contributed by atoms with Crippen LogP contribution >= 0.6 is 0 Å². The lowest BCUT2D eigenvalue weighted by molar-refractivity contribution is 0.468. The van der Waals surface area contributed by atoms with Crippen molar-refractivity contribution in [3.05, 3.63) is 65.6 Å². The van der Waals surface area contributed by atoms with Crippen molar-refractivity contribution in [2.45, 2.75) is 39.5 Å². The number of rotatable bonds is 4. The van der Waals surface area contributed by atoms with Crippen molar-refractivity contribution in [2.75, 3.05) is 0 Å². The molecule has 5 rings (SSSR count). The minimum absolute atomic E-state index is 0.570. The summed E-state index contributed by atoms with van der Waals surface area (Å²) in [6.07, 6.45) is 7.60. The number of pyridine rings is 1. The largest absolute Gasteiger partial charge is 0.464 e. The Balaban J connectivity index is 1.53. The molecule has 0 amide bonds. The SMILES string of the molecule is Cc1cc(Oc2nccc3occ(C4CC4)c23)ccc1-c1c(C)ncnc1C. The van der Waals surface area contributed by atoms with Gasteiger partial charge in [-0.05, 0) is 62.8 Å². The van der Waals surface area contributed by atoms with E-state index < -0.39 is 0 Å². The first kappa shape index (κ1) is 16.9. The molecule has 3 aromatic heterocycles. The van der Waals surface area contributed by atoms with Gasteiger partial charge in [-0.15, -0.1) is 0 Å². The third kappa shape index (κ3) is 2.83. The molecule has 1 aliphatic carbocycles. The normalized spacial score (nSPS) is 13.8. The minimum Gasteiger partial charge on any atom is -0.464 e. The average Bonchev–Trinajstić information content (AvgIpc) is 3.42. The second kappa shape index (κ2) is 6.44. The summed E-state index contributed by atoms with van der Waals surface area (Å²) in [7, 11) is 0. The van der Waals surface area contributed by atoms with Gasteiger partial charge in [-0.1, -0.05) is 6.07 Å². The molecule has 140 valence electrons. The number of ether oxygens (including phenoxy) is 1. The zero-order valence-electron chi connectivity index (χ0n) is 16.2. The van der Waals surface area contributed by atoms with Crippen LogP contribution in [-0.2, 0) is 0 Å². The molecule has 0 bridgehead atoms. The lowest BCUT2D eigenvalue weighted by atomic mass is 9.98. The Bertz CT molecular complexity index is 1170. The van der Waals surface area contributed by atoms with E-state index >= 15 is 0 Å². The molecule has 0 saturated heterocycles. The molecule has 0 atom stereocenters. The van der Waals surface area contributed by atoms with Gasteiger partial charge in [0, 0.05) is 34.8 Å². The van der Waals surface area contributed by atoms with E-state index in [9.17, 15) is 0 Å². The molecule has 28 heavy (non-hydrogen) atoms. The molecule has 1 fully saturated rings. The summed E-state index contributed by atoms with van der Waals surface area (Å²) >= 11 is 0. The van der Waals surface area contributed by atoms with Crippen molar-refractivity contribution in [3.63, 3.8) is 0 Å². The number of hydrogen-bond acceptors (Lipinski definition) is 5. The van der Waals surface area contributed by atoms with Gasteiger partial charge >= 0.3 is 0 Å². The highest BCUT2D eigenvalue weighted by molar-refractivity contribution is 5.87. The standard InChI is InChI=1S/C23H21N3O2/c1-13-10-17(6-7-18(13)21-14(2)25-12-26-15(21)3)28-23-22-19(16-4-5-16)11-27-20(22)8-9-24-23/h6-12,16H,4-5H2,1-3H3. The van der Waals surface area contributed by atoms with E-state index in [1.165, 1.54) is 18.4 Å². The molecule has 0 unspecified atom stereocenters. The predicted octanol–water partition coefficient (Wildman–Crippen LogP) is 5.88. The highest BCUT2D eigenvalue weighted by Crippen LogP contribution is 2.46. The molecular formula is C23H21N3O2. The van der Waals surface area contributed by atoms with Gasteiger partial charge in [0.25, 0.3) is 0 Å². The van der Waals surface area contributed by atoms with Crippen LogP contribution < -0.4 is 4.74 Å². The molecule has 0 spiro atoms. The number of hydrogen-bond donors (Lipinski definition) is 0. The maximum Gasteiger partial charge on any atom is 0.230 e. The van der Waals surface area contributed by atoms with Gasteiger partial charge in [0.1, 0.15) is 17.7 Å². The van der Waals surface area contributed by atoms with E-state index in [0.29, 0.717) is 11.8 Å². The van der Waals surface area contributed by atoms with E-state index in [4.69, 9.17) is 9.15 Å². The Morgan fingerprint density at radius 2 is 1.79 bits per heavy atom. The van der Waals surface area contributed by atoms with Crippen molar-refractivity contribution in [3.8, 4) is 22.8 Å². The van der Waals surface area contributed by atoms with Gasteiger partial charge in [0.2, 0.25) is 5.88 Å². The van der Waals surface area contributed by atoms with Crippen molar-refractivity contribution in [1.29, 1.82) is 0 Å². The van der Waals surface area contributed by atoms with Crippen LogP contribution in [0.15, 0.2) is 47.5 Å². The van der Waals surface area contributed by atoms with Crippen LogP contribution in [0.5, 0.6) is 11.6 Å². The number of furan rings is 1. The molecule has 5 nitrogen and oxygen atoms in total. The number of fused-ring (bicyclic) bond motifs is 1. The molecule has 1 aliphatic rings. The monoisotopic (exact) mass is 371 g/mol. The Labute approximate surface area is 163 Å². The van der Waals surface area contributed by atoms with Gasteiger partial charge in [0.15, 0.2) is 0 Å². The first-order chi connectivity index (χ1) is 13.6. The number of benzene rings is 1. The highest BCUT2D eigenvalue weighted by Gasteiger charge is 2.29. The van der Waals surface area contributed by atoms with Gasteiger partial charge in [-0.2, -0.15) is 0 Å². The number of nitrogens with zero attached hydrogens (tertiary/aromatic N) is 3. The van der Waals surface area contributed by atoms with Gasteiger partial charge in [0.05, 0.1) is 11.6 Å². The smallest absolute Gasteiger partial charge is 0.230 e. The maximum atomic E-state index is 6.20. The second-order valence-electron chi connectivity index (χ2n) is 7.45. The lowest BCUT2D eigenvalue weighted by Crippen LogP contribution is -1.97. The molecule has 4 aromatic rings. The van der Waals surface area contributed by atoms with Crippen LogP contribution in [0.3, 0.4) is 0 Å². The summed E-state index contributed by atoms with van der Waals surface area (Å²) in [6, 6.07) is 7.98. The first-order valence-electron chi connectivity index (χ1n) is 9.55. The fraction of sp³-hybridized carbons (Fsp3) is 0.261. The molecule has 1 saturated carbocycles. The van der Waals surface area contributed by atoms with Crippen LogP contribution in [0.4, 0.5) is 0 Å². The summed E-state index contributed by atoms with van der Waals surface area (Å²) in [6.45, 7) is 6.10. The van der Waals surface area contributed by atoms with Gasteiger partial charge in [-0.3, -0.25) is 0 Å². The quantitative estimate of drug-likeness (QED) is 0.448. The van der Waals surface area contributed by atoms with Crippen molar-refractivity contribution < 1.29 is 9.15 Å². The predicted molar refractivity (Wildman–Crippen MR) is 108 cm³/mol. The fourth-order valence-electron chi connectivity index (χ4n) is 3.82. The molecule has 3 heterocycles. The van der Waals surface area contributed by atoms with Crippen LogP contribution in [0.2, 0.25) is 0 Å². The zero-order chi connectivity index (χ0) is 19.3. The molecule has 5 heteroatoms. The van der Waals surface area contributed by atoms with Crippen molar-refractivity contribution in [1.82, 2.24) is 15.0 Å². The third-order valence-corrected chi connectivity index (χ3v) is 5.40. The summed E-state index contributed by atoms with van der Waals surface area (Å²) in [5, 5.41) is 0.995. The van der Waals surface area contributed by atoms with Crippen molar-refractivity contribution in [2.24, 2.45) is 0 Å². The van der Waals surface area contributed by atoms with E-state index in [-0.39, 0.29) is 0 Å². The Hall–Kier alpha value is -3.21. The Morgan fingerprint density at radius 1 is 1.00 bits per heavy atom. The Morgan fingerprint density at radius 3 is 2.50 bits per heavy atom. The molecular weight excluding hydrogens is 350 g/mol. The van der Waals surface area contributed by atoms with Crippen LogP contribution in [0.1, 0.15) is 41.3 Å². The summed E-state index contributed by atoms with van der Waals surface area (Å²) in [5.41, 5.74) is 7.30. The van der Waals surface area contributed by atoms with E-state index in [1.54, 1.807) is 12.5 Å². The van der Waals surface area contributed by atoms with Gasteiger partial charge in [-0.25, -0.2) is 15.0 Å². The van der Waals surface area contributed by atoms with Gasteiger partial charge < -0.3 is 9.15 Å². The Kier molecular flexibility index (Phi) is 3.90. The van der Waals surface area contributed by atoms with Crippen LogP contribution in [0.25, 0.3) is 22.1 Å². The van der Waals surface area contributed by atoms with Crippen LogP contribution in [-0.4, -0.2) is 15.0 Å². The molecule has 0 aliphatic heterocycles. The van der Waals surface area contributed by atoms with Crippen molar-refractivity contribution >= 4 is 11.0 Å². The fourth-order valence-corrected chi connectivity index (χ4v) is 3.82. The average molecular weight is 371 g/mol. The zero-order valence-corrected chi connectivity index (χ0v) is 16.2. The molecule has 1 aromatic carbocycles. The lowest BCUT2D eigenvalue weighted by Gasteiger charge is -2.13. The van der Waals surface area contributed by atoms with E-state index in [0.717, 1.165) is 44.8 Å². The minimum atomic E-state index is 0.570. The first-order valence-corrected chi connectivity index (χ1v) is 9.55. The molecule has 0 N–H and O–H groups in total. The topological polar surface area (TPSA) is 61.0 Å². The highest BCUT2D eigenvalue weighted by atomic mass is 16.5. The van der Waals surface area contributed by atoms with E-state index in [2.05, 4.69) is 27.9 Å². The second-order valence-corrected chi connectivity index (χ2v) is 7.45. The summed E-state index contributed by atoms with van der Waals surface area (Å²) in [5.74, 6) is 1.94. The molecule has 0 radical (unpaired) electrons. The van der Waals surface area contributed by atoms with Crippen LogP contribution in [0, 0.1) is 20.8 Å². The third-order valence-electron chi connectivity index (χ3n) is 5.40. The summed E-state index contributed by atoms with van der Waals surface area (Å²) in [4.78, 5) is 13.2. The number of aryl methyl sites for hydroxylation is 3.